The molecule has 0 saturated carbocycles. The molecule has 1 aromatic heterocycles. The highest BCUT2D eigenvalue weighted by molar-refractivity contribution is 6.69. The van der Waals surface area contributed by atoms with Crippen LogP contribution in [0.1, 0.15) is 38.2 Å². The summed E-state index contributed by atoms with van der Waals surface area (Å²) in [6.07, 6.45) is 7.04. The van der Waals surface area contributed by atoms with E-state index in [0.717, 1.165) is 25.7 Å². The lowest BCUT2D eigenvalue weighted by atomic mass is 10.1. The molecule has 0 unspecified atom stereocenters. The molecule has 0 saturated heterocycles. The number of hydrogen-bond acceptors (Lipinski definition) is 6. The molecule has 0 aliphatic heterocycles. The van der Waals surface area contributed by atoms with Gasteiger partial charge in [0.05, 0.1) is 0 Å². The second-order valence-electron chi connectivity index (χ2n) is 4.46. The van der Waals surface area contributed by atoms with Crippen molar-refractivity contribution >= 4 is 17.3 Å². The summed E-state index contributed by atoms with van der Waals surface area (Å²) in [7, 11) is 0. The van der Waals surface area contributed by atoms with E-state index >= 15 is 0 Å². The van der Waals surface area contributed by atoms with E-state index in [4.69, 9.17) is 10.4 Å². The third kappa shape index (κ3) is 5.21. The molecule has 1 heterocycles. The maximum Gasteiger partial charge on any atom is 0.275 e. The summed E-state index contributed by atoms with van der Waals surface area (Å²) < 4.78 is 0. The maximum absolute atomic E-state index is 12.0. The van der Waals surface area contributed by atoms with E-state index < -0.39 is 5.91 Å². The Hall–Kier alpha value is -2.44. The van der Waals surface area contributed by atoms with Gasteiger partial charge in [-0.25, -0.2) is 0 Å². The number of rotatable bonds is 8. The van der Waals surface area contributed by atoms with Crippen molar-refractivity contribution < 1.29 is 15.2 Å². The van der Waals surface area contributed by atoms with Gasteiger partial charge in [0.1, 0.15) is 5.71 Å². The van der Waals surface area contributed by atoms with Gasteiger partial charge in [0, 0.05) is 24.5 Å². The molecule has 1 rings (SSSR count). The van der Waals surface area contributed by atoms with Gasteiger partial charge in [-0.05, 0) is 18.6 Å². The topological polar surface area (TPSA) is 107 Å². The molecular formula is C14H20N4O3. The Balaban J connectivity index is 2.67. The summed E-state index contributed by atoms with van der Waals surface area (Å²) in [5, 5.41) is 26.7. The summed E-state index contributed by atoms with van der Waals surface area (Å²) in [6, 6.07) is 3.22. The lowest BCUT2D eigenvalue weighted by Crippen LogP contribution is -2.37. The molecule has 0 atom stereocenters. The Bertz CT molecular complexity index is 500. The van der Waals surface area contributed by atoms with Crippen molar-refractivity contribution in [2.45, 2.75) is 32.6 Å². The van der Waals surface area contributed by atoms with E-state index in [-0.39, 0.29) is 11.4 Å². The van der Waals surface area contributed by atoms with Crippen molar-refractivity contribution in [1.82, 2.24) is 10.3 Å². The average Bonchev–Trinajstić information content (AvgIpc) is 2.52. The number of aromatic nitrogens is 1. The predicted molar refractivity (Wildman–Crippen MR) is 78.9 cm³/mol. The van der Waals surface area contributed by atoms with Gasteiger partial charge in [0.2, 0.25) is 0 Å². The van der Waals surface area contributed by atoms with E-state index in [9.17, 15) is 4.79 Å². The van der Waals surface area contributed by atoms with Crippen LogP contribution in [-0.2, 0) is 4.79 Å². The van der Waals surface area contributed by atoms with Crippen LogP contribution in [0.5, 0.6) is 0 Å². The molecule has 21 heavy (non-hydrogen) atoms. The molecule has 3 N–H and O–H groups in total. The zero-order valence-corrected chi connectivity index (χ0v) is 12.0. The van der Waals surface area contributed by atoms with Crippen LogP contribution in [0.15, 0.2) is 34.8 Å². The minimum Gasteiger partial charge on any atom is -0.410 e. The highest BCUT2D eigenvalue weighted by atomic mass is 16.4. The van der Waals surface area contributed by atoms with Crippen LogP contribution in [0.2, 0.25) is 0 Å². The Labute approximate surface area is 123 Å². The van der Waals surface area contributed by atoms with Crippen LogP contribution in [0.25, 0.3) is 0 Å². The monoisotopic (exact) mass is 292 g/mol. The largest absolute Gasteiger partial charge is 0.410 e. The molecule has 7 nitrogen and oxygen atoms in total. The predicted octanol–water partition coefficient (Wildman–Crippen LogP) is 1.79. The molecule has 114 valence electrons. The molecule has 0 aromatic carbocycles. The molecule has 0 aliphatic rings. The number of nitrogens with one attached hydrogen (secondary N) is 1. The highest BCUT2D eigenvalue weighted by Gasteiger charge is 2.21. The zero-order valence-electron chi connectivity index (χ0n) is 12.0. The molecule has 0 spiro atoms. The number of oxime groups is 2. The van der Waals surface area contributed by atoms with Crippen molar-refractivity contribution in [2.24, 2.45) is 10.3 Å². The van der Waals surface area contributed by atoms with Gasteiger partial charge in [-0.15, -0.1) is 0 Å². The van der Waals surface area contributed by atoms with Gasteiger partial charge < -0.3 is 15.7 Å². The van der Waals surface area contributed by atoms with Crippen LogP contribution in [-0.4, -0.2) is 39.3 Å². The summed E-state index contributed by atoms with van der Waals surface area (Å²) in [5.41, 5.74) is -0.0911. The molecule has 1 aromatic rings. The number of hydrogen-bond donors (Lipinski definition) is 3. The standard InChI is InChI=1S/C14H20N4O3/c1-2-3-4-5-9-16-14(19)13(18-21)12(17-20)11-7-6-8-15-10-11/h6-8,10,20-21H,2-5,9H2,1H3,(H,16,19). The van der Waals surface area contributed by atoms with Gasteiger partial charge >= 0.3 is 0 Å². The van der Waals surface area contributed by atoms with Crippen molar-refractivity contribution in [3.63, 3.8) is 0 Å². The Morgan fingerprint density at radius 1 is 1.29 bits per heavy atom. The fourth-order valence-corrected chi connectivity index (χ4v) is 1.78. The fourth-order valence-electron chi connectivity index (χ4n) is 1.78. The van der Waals surface area contributed by atoms with Crippen LogP contribution in [0, 0.1) is 0 Å². The summed E-state index contributed by atoms with van der Waals surface area (Å²) in [5.74, 6) is -0.592. The first-order valence-corrected chi connectivity index (χ1v) is 6.87. The number of pyridine rings is 1. The van der Waals surface area contributed by atoms with E-state index in [1.807, 2.05) is 0 Å². The molecule has 0 fully saturated rings. The Morgan fingerprint density at radius 2 is 2.10 bits per heavy atom. The molecular weight excluding hydrogens is 272 g/mol. The minimum atomic E-state index is -0.592. The van der Waals surface area contributed by atoms with Crippen LogP contribution >= 0.6 is 0 Å². The number of nitrogens with zero attached hydrogens (tertiary/aromatic N) is 3. The first kappa shape index (κ1) is 16.6. The smallest absolute Gasteiger partial charge is 0.275 e. The Morgan fingerprint density at radius 3 is 2.67 bits per heavy atom. The van der Waals surface area contributed by atoms with E-state index in [1.54, 1.807) is 18.3 Å². The SMILES string of the molecule is CCCCCCNC(=O)C(=NO)C(=NO)c1cccnc1. The van der Waals surface area contributed by atoms with Crippen molar-refractivity contribution in [3.05, 3.63) is 30.1 Å². The van der Waals surface area contributed by atoms with Crippen LogP contribution in [0.3, 0.4) is 0 Å². The summed E-state index contributed by atoms with van der Waals surface area (Å²) in [4.78, 5) is 15.8. The summed E-state index contributed by atoms with van der Waals surface area (Å²) >= 11 is 0. The molecule has 0 radical (unpaired) electrons. The Kier molecular flexibility index (Phi) is 7.49. The van der Waals surface area contributed by atoms with Gasteiger partial charge in [0.15, 0.2) is 5.71 Å². The van der Waals surface area contributed by atoms with E-state index in [2.05, 4.69) is 27.5 Å². The van der Waals surface area contributed by atoms with Gasteiger partial charge in [0.25, 0.3) is 5.91 Å². The number of carbonyl (C=O) groups is 1. The average molecular weight is 292 g/mol. The normalized spacial score (nSPS) is 12.2. The van der Waals surface area contributed by atoms with Crippen LogP contribution in [0.4, 0.5) is 0 Å². The van der Waals surface area contributed by atoms with E-state index in [1.165, 1.54) is 6.20 Å². The number of amides is 1. The van der Waals surface area contributed by atoms with Gasteiger partial charge in [-0.2, -0.15) is 0 Å². The number of unbranched alkanes of at least 4 members (excludes halogenated alkanes) is 3. The lowest BCUT2D eigenvalue weighted by Gasteiger charge is -2.08. The number of carbonyl (C=O) groups excluding carboxylic acids is 1. The maximum atomic E-state index is 12.0. The molecule has 1 amide bonds. The molecule has 0 bridgehead atoms. The van der Waals surface area contributed by atoms with Crippen molar-refractivity contribution in [2.75, 3.05) is 6.54 Å². The van der Waals surface area contributed by atoms with Gasteiger partial charge in [-0.1, -0.05) is 36.5 Å². The second kappa shape index (κ2) is 9.46. The highest BCUT2D eigenvalue weighted by Crippen LogP contribution is 2.02. The second-order valence-corrected chi connectivity index (χ2v) is 4.46. The van der Waals surface area contributed by atoms with Crippen molar-refractivity contribution in [1.29, 1.82) is 0 Å². The third-order valence-corrected chi connectivity index (χ3v) is 2.89. The van der Waals surface area contributed by atoms with Crippen molar-refractivity contribution in [3.8, 4) is 0 Å². The third-order valence-electron chi connectivity index (χ3n) is 2.89. The molecule has 0 aliphatic carbocycles. The fraction of sp³-hybridized carbons (Fsp3) is 0.429. The lowest BCUT2D eigenvalue weighted by molar-refractivity contribution is -0.114. The summed E-state index contributed by atoms with van der Waals surface area (Å²) in [6.45, 7) is 2.58. The first-order valence-electron chi connectivity index (χ1n) is 6.87. The zero-order chi connectivity index (χ0) is 15.5. The first-order chi connectivity index (χ1) is 10.2. The van der Waals surface area contributed by atoms with Crippen LogP contribution < -0.4 is 5.32 Å². The quantitative estimate of drug-likeness (QED) is 0.294. The molecule has 7 heteroatoms. The van der Waals surface area contributed by atoms with E-state index in [0.29, 0.717) is 12.1 Å². The van der Waals surface area contributed by atoms with Gasteiger partial charge in [-0.3, -0.25) is 9.78 Å². The minimum absolute atomic E-state index is 0.128.